The topological polar surface area (TPSA) is 114 Å². The molecule has 2 aromatic rings. The van der Waals surface area contributed by atoms with Crippen LogP contribution in [-0.4, -0.2) is 44.6 Å². The second-order valence-corrected chi connectivity index (χ2v) is 10.6. The molecule has 0 spiro atoms. The van der Waals surface area contributed by atoms with Crippen LogP contribution in [0.1, 0.15) is 76.0 Å². The number of rotatable bonds is 10. The Bertz CT molecular complexity index is 829. The summed E-state index contributed by atoms with van der Waals surface area (Å²) in [4.78, 5) is 0. The molecule has 0 aliphatic rings. The Labute approximate surface area is 197 Å². The van der Waals surface area contributed by atoms with Gasteiger partial charge in [0.15, 0.2) is 0 Å². The van der Waals surface area contributed by atoms with Crippen LogP contribution >= 0.6 is 0 Å². The molecule has 7 heteroatoms. The third kappa shape index (κ3) is 9.31. The molecule has 0 radical (unpaired) electrons. The minimum Gasteiger partial charge on any atom is -0.508 e. The highest BCUT2D eigenvalue weighted by Gasteiger charge is 2.17. The van der Waals surface area contributed by atoms with Crippen LogP contribution in [0.4, 0.5) is 0 Å². The Morgan fingerprint density at radius 2 is 1.06 bits per heavy atom. The summed E-state index contributed by atoms with van der Waals surface area (Å²) in [6.45, 7) is 13.2. The molecule has 0 heterocycles. The van der Waals surface area contributed by atoms with Crippen molar-refractivity contribution in [3.05, 3.63) is 58.7 Å². The zero-order chi connectivity index (χ0) is 24.8. The zero-order valence-electron chi connectivity index (χ0n) is 20.6. The standard InChI is InChI=1S/C26H40N2O5/c1-25(2,3)27-13-23(31)17-7-9-21(29)19(11-17)15-33-16-20-12-18(8-10-22(20)30)24(32)14-28-26(4,5)6/h7-12,23-24,27-32H,13-16H2,1-6H3/t23-,24+. The van der Waals surface area contributed by atoms with Crippen LogP contribution in [0.3, 0.4) is 0 Å². The van der Waals surface area contributed by atoms with Gasteiger partial charge in [0.25, 0.3) is 0 Å². The fraction of sp³-hybridized carbons (Fsp3) is 0.538. The molecule has 33 heavy (non-hydrogen) atoms. The fourth-order valence-electron chi connectivity index (χ4n) is 3.17. The Morgan fingerprint density at radius 3 is 1.39 bits per heavy atom. The number of phenolic OH excluding ortho intramolecular Hbond substituents is 2. The van der Waals surface area contributed by atoms with Crippen molar-refractivity contribution in [2.24, 2.45) is 0 Å². The molecule has 0 saturated carbocycles. The average Bonchev–Trinajstić information content (AvgIpc) is 2.71. The minimum atomic E-state index is -0.715. The maximum atomic E-state index is 10.5. The van der Waals surface area contributed by atoms with Gasteiger partial charge in [-0.1, -0.05) is 12.1 Å². The number of aromatic hydroxyl groups is 2. The van der Waals surface area contributed by atoms with E-state index < -0.39 is 12.2 Å². The largest absolute Gasteiger partial charge is 0.508 e. The molecule has 0 aliphatic carbocycles. The summed E-state index contributed by atoms with van der Waals surface area (Å²) in [5, 5.41) is 47.9. The molecule has 2 aromatic carbocycles. The van der Waals surface area contributed by atoms with E-state index in [-0.39, 0.29) is 35.8 Å². The molecular formula is C26H40N2O5. The lowest BCUT2D eigenvalue weighted by Crippen LogP contribution is -2.38. The maximum absolute atomic E-state index is 10.5. The molecule has 7 nitrogen and oxygen atoms in total. The van der Waals surface area contributed by atoms with Gasteiger partial charge in [-0.05, 0) is 76.9 Å². The highest BCUT2D eigenvalue weighted by molar-refractivity contribution is 5.38. The van der Waals surface area contributed by atoms with E-state index in [9.17, 15) is 20.4 Å². The molecular weight excluding hydrogens is 420 g/mol. The van der Waals surface area contributed by atoms with Crippen molar-refractivity contribution in [1.29, 1.82) is 0 Å². The van der Waals surface area contributed by atoms with Crippen LogP contribution in [0.25, 0.3) is 0 Å². The third-order valence-corrected chi connectivity index (χ3v) is 5.14. The summed E-state index contributed by atoms with van der Waals surface area (Å²) in [6.07, 6.45) is -1.43. The SMILES string of the molecule is CC(C)(C)NC[C@@H](O)c1ccc(O)c(COCc2cc([C@@H](O)CNC(C)(C)C)ccc2O)c1. The molecule has 184 valence electrons. The van der Waals surface area contributed by atoms with Gasteiger partial charge in [-0.25, -0.2) is 0 Å². The Morgan fingerprint density at radius 1 is 0.697 bits per heavy atom. The summed E-state index contributed by atoms with van der Waals surface area (Å²) in [5.41, 5.74) is 2.23. The summed E-state index contributed by atoms with van der Waals surface area (Å²) < 4.78 is 5.75. The van der Waals surface area contributed by atoms with Gasteiger partial charge in [0.2, 0.25) is 0 Å². The molecule has 0 amide bonds. The first-order valence-electron chi connectivity index (χ1n) is 11.3. The second-order valence-electron chi connectivity index (χ2n) is 10.6. The number of phenols is 2. The summed E-state index contributed by atoms with van der Waals surface area (Å²) in [5.74, 6) is 0.160. The smallest absolute Gasteiger partial charge is 0.121 e. The summed E-state index contributed by atoms with van der Waals surface area (Å²) >= 11 is 0. The van der Waals surface area contributed by atoms with Crippen molar-refractivity contribution in [1.82, 2.24) is 10.6 Å². The van der Waals surface area contributed by atoms with Gasteiger partial charge in [-0.15, -0.1) is 0 Å². The van der Waals surface area contributed by atoms with Gasteiger partial charge in [-0.3, -0.25) is 0 Å². The van der Waals surface area contributed by atoms with Gasteiger partial charge < -0.3 is 35.8 Å². The van der Waals surface area contributed by atoms with Crippen molar-refractivity contribution in [2.75, 3.05) is 13.1 Å². The maximum Gasteiger partial charge on any atom is 0.121 e. The van der Waals surface area contributed by atoms with Gasteiger partial charge >= 0.3 is 0 Å². The highest BCUT2D eigenvalue weighted by Crippen LogP contribution is 2.26. The predicted molar refractivity (Wildman–Crippen MR) is 130 cm³/mol. The Hall–Kier alpha value is -2.16. The quantitative estimate of drug-likeness (QED) is 0.321. The van der Waals surface area contributed by atoms with Crippen LogP contribution in [0, 0.1) is 0 Å². The first-order chi connectivity index (χ1) is 15.2. The summed E-state index contributed by atoms with van der Waals surface area (Å²) in [7, 11) is 0. The van der Waals surface area contributed by atoms with Crippen LogP contribution in [0.15, 0.2) is 36.4 Å². The molecule has 0 fully saturated rings. The summed E-state index contributed by atoms with van der Waals surface area (Å²) in [6, 6.07) is 9.92. The molecule has 0 unspecified atom stereocenters. The normalized spacial score (nSPS) is 14.3. The highest BCUT2D eigenvalue weighted by atomic mass is 16.5. The molecule has 2 atom stereocenters. The lowest BCUT2D eigenvalue weighted by atomic mass is 10.0. The van der Waals surface area contributed by atoms with Gasteiger partial charge in [0, 0.05) is 35.3 Å². The number of β-amino-alcohol motifs (C(OH)–C–C–N with tert-alkyl or cyclic N) is 2. The van der Waals surface area contributed by atoms with Crippen LogP contribution < -0.4 is 10.6 Å². The van der Waals surface area contributed by atoms with E-state index in [1.807, 2.05) is 41.5 Å². The van der Waals surface area contributed by atoms with Crippen molar-refractivity contribution >= 4 is 0 Å². The predicted octanol–water partition coefficient (Wildman–Crippen LogP) is 3.66. The first-order valence-corrected chi connectivity index (χ1v) is 11.3. The number of aliphatic hydroxyl groups is 2. The molecule has 2 rings (SSSR count). The van der Waals surface area contributed by atoms with E-state index in [2.05, 4.69) is 10.6 Å². The number of hydrogen-bond acceptors (Lipinski definition) is 7. The van der Waals surface area contributed by atoms with E-state index in [0.29, 0.717) is 35.3 Å². The van der Waals surface area contributed by atoms with Crippen molar-refractivity contribution in [3.8, 4) is 11.5 Å². The lowest BCUT2D eigenvalue weighted by Gasteiger charge is -2.23. The number of aliphatic hydroxyl groups excluding tert-OH is 2. The number of hydrogen-bond donors (Lipinski definition) is 6. The van der Waals surface area contributed by atoms with E-state index >= 15 is 0 Å². The van der Waals surface area contributed by atoms with Gasteiger partial charge in [0.1, 0.15) is 11.5 Å². The zero-order valence-corrected chi connectivity index (χ0v) is 20.6. The minimum absolute atomic E-state index is 0.0800. The van der Waals surface area contributed by atoms with E-state index in [4.69, 9.17) is 4.74 Å². The third-order valence-electron chi connectivity index (χ3n) is 5.14. The Balaban J connectivity index is 2.00. The van der Waals surface area contributed by atoms with Gasteiger partial charge in [-0.2, -0.15) is 0 Å². The van der Waals surface area contributed by atoms with Crippen LogP contribution in [0.5, 0.6) is 11.5 Å². The van der Waals surface area contributed by atoms with E-state index in [1.165, 1.54) is 0 Å². The molecule has 0 bridgehead atoms. The fourth-order valence-corrected chi connectivity index (χ4v) is 3.17. The average molecular weight is 461 g/mol. The monoisotopic (exact) mass is 460 g/mol. The number of ether oxygens (including phenoxy) is 1. The van der Waals surface area contributed by atoms with Crippen molar-refractivity contribution < 1.29 is 25.2 Å². The molecule has 0 aromatic heterocycles. The molecule has 6 N–H and O–H groups in total. The lowest BCUT2D eigenvalue weighted by molar-refractivity contribution is 0.103. The van der Waals surface area contributed by atoms with E-state index in [1.54, 1.807) is 36.4 Å². The van der Waals surface area contributed by atoms with Crippen LogP contribution in [0.2, 0.25) is 0 Å². The molecule has 0 aliphatic heterocycles. The number of benzene rings is 2. The molecule has 0 saturated heterocycles. The van der Waals surface area contributed by atoms with Crippen LogP contribution in [-0.2, 0) is 18.0 Å². The van der Waals surface area contributed by atoms with E-state index in [0.717, 1.165) is 0 Å². The second kappa shape index (κ2) is 11.3. The Kier molecular flexibility index (Phi) is 9.29. The first kappa shape index (κ1) is 27.1. The van der Waals surface area contributed by atoms with Crippen molar-refractivity contribution in [2.45, 2.75) is 78.0 Å². The van der Waals surface area contributed by atoms with Gasteiger partial charge in [0.05, 0.1) is 25.4 Å². The number of nitrogens with one attached hydrogen (secondary N) is 2. The van der Waals surface area contributed by atoms with Crippen molar-refractivity contribution in [3.63, 3.8) is 0 Å².